The molecule has 7 heteroatoms. The zero-order valence-electron chi connectivity index (χ0n) is 13.3. The Kier molecular flexibility index (Phi) is 8.84. The number of amides is 2. The van der Waals surface area contributed by atoms with Crippen molar-refractivity contribution in [1.82, 2.24) is 10.6 Å². The molecule has 1 aliphatic heterocycles. The maximum atomic E-state index is 11.6. The Hall–Kier alpha value is -1.34. The number of aliphatic imine (C=N–C) groups is 1. The van der Waals surface area contributed by atoms with E-state index in [4.69, 9.17) is 17.0 Å². The van der Waals surface area contributed by atoms with Gasteiger partial charge in [0.1, 0.15) is 0 Å². The van der Waals surface area contributed by atoms with Gasteiger partial charge in [0, 0.05) is 19.4 Å². The van der Waals surface area contributed by atoms with Crippen LogP contribution in [0.2, 0.25) is 0 Å². The van der Waals surface area contributed by atoms with Crippen LogP contribution in [0.3, 0.4) is 0 Å². The van der Waals surface area contributed by atoms with Gasteiger partial charge >= 0.3 is 0 Å². The Bertz CT molecular complexity index is 406. The molecular weight excluding hydrogens is 302 g/mol. The van der Waals surface area contributed by atoms with Crippen LogP contribution in [0.5, 0.6) is 0 Å². The van der Waals surface area contributed by atoms with Gasteiger partial charge in [0.15, 0.2) is 11.0 Å². The fourth-order valence-corrected chi connectivity index (χ4v) is 2.29. The molecule has 0 aromatic heterocycles. The van der Waals surface area contributed by atoms with Crippen molar-refractivity contribution in [3.63, 3.8) is 0 Å². The highest BCUT2D eigenvalue weighted by atomic mass is 32.1. The van der Waals surface area contributed by atoms with E-state index in [1.807, 2.05) is 0 Å². The van der Waals surface area contributed by atoms with Crippen LogP contribution in [-0.2, 0) is 14.3 Å². The summed E-state index contributed by atoms with van der Waals surface area (Å²) in [5, 5.41) is 4.84. The number of unbranched alkanes of at least 4 members (excludes halogenated alkanes) is 1. The molecule has 1 heterocycles. The first-order valence-corrected chi connectivity index (χ1v) is 8.26. The van der Waals surface area contributed by atoms with Crippen molar-refractivity contribution < 1.29 is 14.3 Å². The van der Waals surface area contributed by atoms with Crippen molar-refractivity contribution in [3.8, 4) is 0 Å². The van der Waals surface area contributed by atoms with Gasteiger partial charge in [0.05, 0.1) is 6.10 Å². The molecule has 0 aromatic carbocycles. The number of nitrogens with zero attached hydrogens (tertiary/aromatic N) is 1. The molecule has 1 fully saturated rings. The van der Waals surface area contributed by atoms with Crippen molar-refractivity contribution in [2.24, 2.45) is 10.9 Å². The van der Waals surface area contributed by atoms with Gasteiger partial charge in [-0.3, -0.25) is 14.6 Å². The lowest BCUT2D eigenvalue weighted by Crippen LogP contribution is -2.56. The van der Waals surface area contributed by atoms with Crippen molar-refractivity contribution in [3.05, 3.63) is 0 Å². The van der Waals surface area contributed by atoms with Crippen LogP contribution in [0.15, 0.2) is 4.99 Å². The van der Waals surface area contributed by atoms with E-state index in [0.717, 1.165) is 19.3 Å². The second-order valence-corrected chi connectivity index (χ2v) is 5.65. The first kappa shape index (κ1) is 18.7. The van der Waals surface area contributed by atoms with E-state index in [9.17, 15) is 9.59 Å². The Morgan fingerprint density at radius 1 is 1.27 bits per heavy atom. The fraction of sp³-hybridized carbons (Fsp3) is 0.733. The van der Waals surface area contributed by atoms with Crippen LogP contribution in [0.1, 0.15) is 46.0 Å². The second-order valence-electron chi connectivity index (χ2n) is 5.24. The molecule has 1 aliphatic rings. The molecule has 1 rings (SSSR count). The van der Waals surface area contributed by atoms with Gasteiger partial charge in [-0.25, -0.2) is 0 Å². The van der Waals surface area contributed by atoms with Crippen molar-refractivity contribution in [2.75, 3.05) is 13.2 Å². The van der Waals surface area contributed by atoms with Gasteiger partial charge in [-0.2, -0.15) is 0 Å². The predicted molar refractivity (Wildman–Crippen MR) is 89.9 cm³/mol. The maximum Gasteiger partial charge on any atom is 0.244 e. The minimum atomic E-state index is -0.902. The molecule has 2 amide bonds. The topological polar surface area (TPSA) is 79.8 Å². The molecule has 0 aliphatic carbocycles. The highest BCUT2D eigenvalue weighted by Gasteiger charge is 2.30. The smallest absolute Gasteiger partial charge is 0.244 e. The quantitative estimate of drug-likeness (QED) is 0.276. The zero-order valence-corrected chi connectivity index (χ0v) is 14.1. The number of hydrogen-bond donors (Lipinski definition) is 2. The van der Waals surface area contributed by atoms with Crippen LogP contribution in [0.4, 0.5) is 0 Å². The number of rotatable bonds is 10. The van der Waals surface area contributed by atoms with E-state index in [0.29, 0.717) is 19.3 Å². The summed E-state index contributed by atoms with van der Waals surface area (Å²) in [6, 6.07) is 0. The second kappa shape index (κ2) is 10.4. The average Bonchev–Trinajstić information content (AvgIpc) is 2.47. The standard InChI is InChI=1S/C15H25N3O3S/c1-3-5-7-11(4-2)21-9-6-8-16-10-12-13(19)17-15(22)18-14(12)20/h10-12H,3-9H2,1-2H3,(H2,17,18,19,20,22)/t11-/m0/s1. The van der Waals surface area contributed by atoms with E-state index in [2.05, 4.69) is 29.5 Å². The number of nitrogens with one attached hydrogen (secondary N) is 2. The largest absolute Gasteiger partial charge is 0.378 e. The molecule has 124 valence electrons. The molecule has 1 saturated heterocycles. The molecule has 0 aromatic rings. The first-order chi connectivity index (χ1) is 10.6. The molecule has 6 nitrogen and oxygen atoms in total. The van der Waals surface area contributed by atoms with E-state index >= 15 is 0 Å². The molecule has 0 spiro atoms. The van der Waals surface area contributed by atoms with Crippen molar-refractivity contribution in [2.45, 2.75) is 52.1 Å². The third kappa shape index (κ3) is 6.62. The Morgan fingerprint density at radius 2 is 1.95 bits per heavy atom. The Labute approximate surface area is 137 Å². The van der Waals surface area contributed by atoms with Gasteiger partial charge in [0.25, 0.3) is 0 Å². The molecule has 0 radical (unpaired) electrons. The predicted octanol–water partition coefficient (Wildman–Crippen LogP) is 1.58. The molecular formula is C15H25N3O3S. The lowest BCUT2D eigenvalue weighted by molar-refractivity contribution is -0.131. The Balaban J connectivity index is 2.22. The molecule has 2 N–H and O–H groups in total. The summed E-state index contributed by atoms with van der Waals surface area (Å²) in [4.78, 5) is 27.3. The molecule has 0 bridgehead atoms. The van der Waals surface area contributed by atoms with E-state index < -0.39 is 17.7 Å². The van der Waals surface area contributed by atoms with Crippen LogP contribution in [-0.4, -0.2) is 42.4 Å². The van der Waals surface area contributed by atoms with Crippen molar-refractivity contribution >= 4 is 35.4 Å². The number of thiocarbonyl (C=S) groups is 1. The lowest BCUT2D eigenvalue weighted by atomic mass is 10.1. The van der Waals surface area contributed by atoms with Gasteiger partial charge < -0.3 is 15.4 Å². The summed E-state index contributed by atoms with van der Waals surface area (Å²) in [6.45, 7) is 5.48. The third-order valence-electron chi connectivity index (χ3n) is 3.41. The van der Waals surface area contributed by atoms with Crippen LogP contribution < -0.4 is 10.6 Å². The first-order valence-electron chi connectivity index (χ1n) is 7.85. The summed E-state index contributed by atoms with van der Waals surface area (Å²) in [5.74, 6) is -1.76. The van der Waals surface area contributed by atoms with Crippen LogP contribution >= 0.6 is 12.2 Å². The minimum absolute atomic E-state index is 0.0470. The number of ether oxygens (including phenoxy) is 1. The summed E-state index contributed by atoms with van der Waals surface area (Å²) < 4.78 is 5.79. The Morgan fingerprint density at radius 3 is 2.55 bits per heavy atom. The van der Waals surface area contributed by atoms with Gasteiger partial charge in [-0.05, 0) is 31.5 Å². The van der Waals surface area contributed by atoms with E-state index in [-0.39, 0.29) is 5.11 Å². The maximum absolute atomic E-state index is 11.6. The summed E-state index contributed by atoms with van der Waals surface area (Å²) in [6.07, 6.45) is 6.95. The number of carbonyl (C=O) groups excluding carboxylic acids is 2. The SMILES string of the molecule is CCCC[C@H](CC)OCCCN=CC1C(=O)NC(=S)NC1=O. The summed E-state index contributed by atoms with van der Waals surface area (Å²) in [7, 11) is 0. The highest BCUT2D eigenvalue weighted by molar-refractivity contribution is 7.80. The molecule has 0 saturated carbocycles. The van der Waals surface area contributed by atoms with Gasteiger partial charge in [-0.15, -0.1) is 0 Å². The lowest BCUT2D eigenvalue weighted by Gasteiger charge is -2.19. The van der Waals surface area contributed by atoms with E-state index in [1.165, 1.54) is 19.1 Å². The van der Waals surface area contributed by atoms with Gasteiger partial charge in [-0.1, -0.05) is 26.7 Å². The van der Waals surface area contributed by atoms with Gasteiger partial charge in [0.2, 0.25) is 11.8 Å². The third-order valence-corrected chi connectivity index (χ3v) is 3.62. The fourth-order valence-electron chi connectivity index (χ4n) is 2.09. The molecule has 0 unspecified atom stereocenters. The average molecular weight is 327 g/mol. The van der Waals surface area contributed by atoms with Crippen LogP contribution in [0.25, 0.3) is 0 Å². The van der Waals surface area contributed by atoms with Crippen LogP contribution in [0, 0.1) is 5.92 Å². The summed E-state index contributed by atoms with van der Waals surface area (Å²) in [5.41, 5.74) is 0. The number of carbonyl (C=O) groups is 2. The monoisotopic (exact) mass is 327 g/mol. The zero-order chi connectivity index (χ0) is 16.4. The molecule has 22 heavy (non-hydrogen) atoms. The summed E-state index contributed by atoms with van der Waals surface area (Å²) >= 11 is 4.72. The van der Waals surface area contributed by atoms with Crippen molar-refractivity contribution in [1.29, 1.82) is 0 Å². The molecule has 1 atom stereocenters. The normalized spacial score (nSPS) is 17.6. The highest BCUT2D eigenvalue weighted by Crippen LogP contribution is 2.08. The van der Waals surface area contributed by atoms with E-state index in [1.54, 1.807) is 0 Å². The minimum Gasteiger partial charge on any atom is -0.378 e. The number of hydrogen-bond acceptors (Lipinski definition) is 5.